The molecule has 112 valence electrons. The second-order valence-corrected chi connectivity index (χ2v) is 6.32. The highest BCUT2D eigenvalue weighted by Crippen LogP contribution is 2.34. The van der Waals surface area contributed by atoms with E-state index < -0.39 is 0 Å². The van der Waals surface area contributed by atoms with Gasteiger partial charge in [-0.1, -0.05) is 41.9 Å². The first kappa shape index (κ1) is 14.2. The molecule has 0 aliphatic heterocycles. The van der Waals surface area contributed by atoms with E-state index in [2.05, 4.69) is 10.3 Å². The van der Waals surface area contributed by atoms with Crippen molar-refractivity contribution in [3.05, 3.63) is 71.1 Å². The van der Waals surface area contributed by atoms with Crippen LogP contribution in [0.1, 0.15) is 0 Å². The minimum absolute atomic E-state index is 0.641. The average molecular weight is 338 g/mol. The molecular weight excluding hydrogens is 326 g/mol. The Hall–Kier alpha value is -2.43. The predicted molar refractivity (Wildman–Crippen MR) is 97.6 cm³/mol. The van der Waals surface area contributed by atoms with Crippen LogP contribution in [0.15, 0.2) is 66.0 Å². The quantitative estimate of drug-likeness (QED) is 0.516. The van der Waals surface area contributed by atoms with Gasteiger partial charge in [-0.05, 0) is 35.7 Å². The van der Waals surface area contributed by atoms with E-state index in [1.807, 2.05) is 66.0 Å². The lowest BCUT2D eigenvalue weighted by Gasteiger charge is -2.10. The SMILES string of the molecule is Clc1ccsc1-c1nc(Nc2ccccc2)c2ccccc2n1. The maximum Gasteiger partial charge on any atom is 0.173 e. The van der Waals surface area contributed by atoms with Crippen molar-refractivity contribution in [1.82, 2.24) is 9.97 Å². The summed E-state index contributed by atoms with van der Waals surface area (Å²) < 4.78 is 0. The summed E-state index contributed by atoms with van der Waals surface area (Å²) in [6.07, 6.45) is 0. The molecule has 0 unspecified atom stereocenters. The normalized spacial score (nSPS) is 10.8. The fourth-order valence-electron chi connectivity index (χ4n) is 2.38. The summed E-state index contributed by atoms with van der Waals surface area (Å²) in [6, 6.07) is 19.8. The third kappa shape index (κ3) is 2.79. The highest BCUT2D eigenvalue weighted by molar-refractivity contribution is 7.14. The van der Waals surface area contributed by atoms with Crippen molar-refractivity contribution < 1.29 is 0 Å². The van der Waals surface area contributed by atoms with Crippen LogP contribution in [0.4, 0.5) is 11.5 Å². The Kier molecular flexibility index (Phi) is 3.69. The lowest BCUT2D eigenvalue weighted by molar-refractivity contribution is 1.23. The zero-order chi connectivity index (χ0) is 15.6. The molecule has 0 aliphatic carbocycles. The van der Waals surface area contributed by atoms with Crippen LogP contribution < -0.4 is 5.32 Å². The summed E-state index contributed by atoms with van der Waals surface area (Å²) in [5.41, 5.74) is 1.87. The second kappa shape index (κ2) is 5.99. The molecule has 23 heavy (non-hydrogen) atoms. The van der Waals surface area contributed by atoms with Crippen molar-refractivity contribution in [2.24, 2.45) is 0 Å². The monoisotopic (exact) mass is 337 g/mol. The van der Waals surface area contributed by atoms with Crippen LogP contribution in [0.25, 0.3) is 21.6 Å². The molecule has 0 saturated heterocycles. The van der Waals surface area contributed by atoms with Crippen LogP contribution in [0, 0.1) is 0 Å². The molecule has 0 amide bonds. The standard InChI is InChI=1S/C18H12ClN3S/c19-14-10-11-23-16(14)18-21-15-9-5-4-8-13(15)17(22-18)20-12-6-2-1-3-7-12/h1-11H,(H,20,21,22). The van der Waals surface area contributed by atoms with Gasteiger partial charge in [-0.25, -0.2) is 9.97 Å². The number of halogens is 1. The number of nitrogens with zero attached hydrogens (tertiary/aromatic N) is 2. The first-order valence-corrected chi connectivity index (χ1v) is 8.39. The van der Waals surface area contributed by atoms with E-state index in [4.69, 9.17) is 16.6 Å². The van der Waals surface area contributed by atoms with Gasteiger partial charge in [0.1, 0.15) is 5.82 Å². The Bertz CT molecular complexity index is 966. The van der Waals surface area contributed by atoms with Crippen LogP contribution in [0.2, 0.25) is 5.02 Å². The second-order valence-electron chi connectivity index (χ2n) is 5.00. The van der Waals surface area contributed by atoms with E-state index in [1.165, 1.54) is 0 Å². The molecule has 1 N–H and O–H groups in total. The number of hydrogen-bond acceptors (Lipinski definition) is 4. The van der Waals surface area contributed by atoms with E-state index in [-0.39, 0.29) is 0 Å². The number of fused-ring (bicyclic) bond motifs is 1. The molecule has 0 atom stereocenters. The first-order chi connectivity index (χ1) is 11.3. The highest BCUT2D eigenvalue weighted by atomic mass is 35.5. The summed E-state index contributed by atoms with van der Waals surface area (Å²) in [5.74, 6) is 1.42. The zero-order valence-electron chi connectivity index (χ0n) is 12.0. The fraction of sp³-hybridized carbons (Fsp3) is 0. The molecule has 2 heterocycles. The largest absolute Gasteiger partial charge is 0.340 e. The molecule has 0 spiro atoms. The van der Waals surface area contributed by atoms with Crippen molar-refractivity contribution in [3.8, 4) is 10.7 Å². The van der Waals surface area contributed by atoms with Crippen molar-refractivity contribution in [3.63, 3.8) is 0 Å². The minimum Gasteiger partial charge on any atom is -0.340 e. The maximum atomic E-state index is 6.25. The maximum absolute atomic E-state index is 6.25. The minimum atomic E-state index is 0.641. The third-order valence-corrected chi connectivity index (χ3v) is 4.80. The van der Waals surface area contributed by atoms with Gasteiger partial charge in [0.2, 0.25) is 0 Å². The molecular formula is C18H12ClN3S. The summed E-state index contributed by atoms with van der Waals surface area (Å²) in [6.45, 7) is 0. The molecule has 0 fully saturated rings. The Morgan fingerprint density at radius 3 is 2.43 bits per heavy atom. The van der Waals surface area contributed by atoms with Gasteiger partial charge in [0.05, 0.1) is 15.4 Å². The number of anilines is 2. The summed E-state index contributed by atoms with van der Waals surface area (Å²) in [5, 5.41) is 6.98. The lowest BCUT2D eigenvalue weighted by atomic mass is 10.2. The molecule has 5 heteroatoms. The van der Waals surface area contributed by atoms with Gasteiger partial charge in [0, 0.05) is 11.1 Å². The van der Waals surface area contributed by atoms with E-state index in [0.717, 1.165) is 27.3 Å². The van der Waals surface area contributed by atoms with Crippen LogP contribution in [-0.2, 0) is 0 Å². The van der Waals surface area contributed by atoms with Gasteiger partial charge < -0.3 is 5.32 Å². The van der Waals surface area contributed by atoms with Gasteiger partial charge in [-0.3, -0.25) is 0 Å². The van der Waals surface area contributed by atoms with Gasteiger partial charge in [-0.2, -0.15) is 0 Å². The third-order valence-electron chi connectivity index (χ3n) is 3.46. The number of rotatable bonds is 3. The molecule has 3 nitrogen and oxygen atoms in total. The molecule has 0 radical (unpaired) electrons. The molecule has 4 aromatic rings. The smallest absolute Gasteiger partial charge is 0.173 e. The topological polar surface area (TPSA) is 37.8 Å². The van der Waals surface area contributed by atoms with Crippen LogP contribution >= 0.6 is 22.9 Å². The van der Waals surface area contributed by atoms with Crippen molar-refractivity contribution in [1.29, 1.82) is 0 Å². The Labute approximate surface area is 142 Å². The van der Waals surface area contributed by atoms with Gasteiger partial charge in [0.25, 0.3) is 0 Å². The van der Waals surface area contributed by atoms with Gasteiger partial charge in [-0.15, -0.1) is 11.3 Å². The van der Waals surface area contributed by atoms with Crippen LogP contribution in [0.5, 0.6) is 0 Å². The van der Waals surface area contributed by atoms with E-state index in [9.17, 15) is 0 Å². The molecule has 0 aliphatic rings. The highest BCUT2D eigenvalue weighted by Gasteiger charge is 2.13. The van der Waals surface area contributed by atoms with E-state index in [1.54, 1.807) is 11.3 Å². The predicted octanol–water partition coefficient (Wildman–Crippen LogP) is 5.76. The molecule has 2 aromatic carbocycles. The van der Waals surface area contributed by atoms with Crippen LogP contribution in [-0.4, -0.2) is 9.97 Å². The van der Waals surface area contributed by atoms with Gasteiger partial charge >= 0.3 is 0 Å². The number of thiophene rings is 1. The van der Waals surface area contributed by atoms with Crippen molar-refractivity contribution in [2.75, 3.05) is 5.32 Å². The number of aromatic nitrogens is 2. The average Bonchev–Trinajstić information content (AvgIpc) is 3.02. The van der Waals surface area contributed by atoms with Gasteiger partial charge in [0.15, 0.2) is 5.82 Å². The summed E-state index contributed by atoms with van der Waals surface area (Å²) in [4.78, 5) is 10.2. The van der Waals surface area contributed by atoms with Crippen molar-refractivity contribution >= 4 is 45.3 Å². The van der Waals surface area contributed by atoms with Crippen molar-refractivity contribution in [2.45, 2.75) is 0 Å². The molecule has 2 aromatic heterocycles. The Balaban J connectivity index is 1.89. The van der Waals surface area contributed by atoms with Crippen LogP contribution in [0.3, 0.4) is 0 Å². The summed E-state index contributed by atoms with van der Waals surface area (Å²) in [7, 11) is 0. The number of benzene rings is 2. The van der Waals surface area contributed by atoms with E-state index >= 15 is 0 Å². The number of hydrogen-bond donors (Lipinski definition) is 1. The zero-order valence-corrected chi connectivity index (χ0v) is 13.6. The first-order valence-electron chi connectivity index (χ1n) is 7.13. The fourth-order valence-corrected chi connectivity index (χ4v) is 3.46. The molecule has 0 saturated carbocycles. The Morgan fingerprint density at radius 1 is 0.870 bits per heavy atom. The summed E-state index contributed by atoms with van der Waals surface area (Å²) >= 11 is 7.79. The Morgan fingerprint density at radius 2 is 1.65 bits per heavy atom. The molecule has 4 rings (SSSR count). The number of para-hydroxylation sites is 2. The lowest BCUT2D eigenvalue weighted by Crippen LogP contribution is -1.98. The number of nitrogens with one attached hydrogen (secondary N) is 1. The van der Waals surface area contributed by atoms with E-state index in [0.29, 0.717) is 10.8 Å². The molecule has 0 bridgehead atoms.